The second kappa shape index (κ2) is 6.11. The molecule has 2 aromatic carbocycles. The van der Waals surface area contributed by atoms with Crippen LogP contribution in [0.1, 0.15) is 11.1 Å². The van der Waals surface area contributed by atoms with E-state index in [9.17, 15) is 9.59 Å². The molecule has 7 nitrogen and oxygen atoms in total. The van der Waals surface area contributed by atoms with E-state index in [2.05, 4.69) is 20.6 Å². The van der Waals surface area contributed by atoms with Gasteiger partial charge in [0, 0.05) is 5.69 Å². The third-order valence-corrected chi connectivity index (χ3v) is 3.71. The first kappa shape index (κ1) is 15.7. The maximum Gasteiger partial charge on any atom is 0.323 e. The smallest absolute Gasteiger partial charge is 0.323 e. The van der Waals surface area contributed by atoms with Gasteiger partial charge in [0.15, 0.2) is 0 Å². The predicted octanol–water partition coefficient (Wildman–Crippen LogP) is 3.13. The molecular formula is C17H18N4O3. The van der Waals surface area contributed by atoms with Gasteiger partial charge in [-0.1, -0.05) is 6.07 Å². The summed E-state index contributed by atoms with van der Waals surface area (Å²) in [4.78, 5) is 29.0. The molecule has 1 aromatic heterocycles. The number of H-pyrrole nitrogens is 2. The van der Waals surface area contributed by atoms with E-state index in [1.54, 1.807) is 25.3 Å². The predicted molar refractivity (Wildman–Crippen MR) is 94.0 cm³/mol. The molecule has 3 aromatic rings. The molecule has 4 N–H and O–H groups in total. The lowest BCUT2D eigenvalue weighted by atomic mass is 10.1. The third kappa shape index (κ3) is 3.10. The van der Waals surface area contributed by atoms with E-state index in [-0.39, 0.29) is 11.7 Å². The van der Waals surface area contributed by atoms with Crippen LogP contribution in [0, 0.1) is 13.8 Å². The number of hydrogen-bond donors (Lipinski definition) is 4. The van der Waals surface area contributed by atoms with E-state index in [4.69, 9.17) is 4.74 Å². The Morgan fingerprint density at radius 3 is 2.38 bits per heavy atom. The van der Waals surface area contributed by atoms with Crippen molar-refractivity contribution in [2.45, 2.75) is 13.8 Å². The molecule has 3 rings (SSSR count). The van der Waals surface area contributed by atoms with Crippen molar-refractivity contribution < 1.29 is 9.53 Å². The van der Waals surface area contributed by atoms with Crippen molar-refractivity contribution in [3.8, 4) is 5.75 Å². The highest BCUT2D eigenvalue weighted by atomic mass is 16.5. The van der Waals surface area contributed by atoms with E-state index in [1.807, 2.05) is 26.0 Å². The first-order valence-electron chi connectivity index (χ1n) is 7.41. The molecule has 2 amide bonds. The van der Waals surface area contributed by atoms with Crippen molar-refractivity contribution in [3.05, 3.63) is 51.9 Å². The molecule has 0 fully saturated rings. The average Bonchev–Trinajstić information content (AvgIpc) is 2.87. The summed E-state index contributed by atoms with van der Waals surface area (Å²) in [7, 11) is 1.55. The van der Waals surface area contributed by atoms with Gasteiger partial charge >= 0.3 is 11.7 Å². The van der Waals surface area contributed by atoms with Gasteiger partial charge < -0.3 is 25.3 Å². The Labute approximate surface area is 138 Å². The number of urea groups is 1. The summed E-state index contributed by atoms with van der Waals surface area (Å²) in [6, 6.07) is 8.66. The number of aromatic amines is 2. The number of hydrogen-bond acceptors (Lipinski definition) is 3. The Morgan fingerprint density at radius 2 is 1.67 bits per heavy atom. The molecule has 0 bridgehead atoms. The van der Waals surface area contributed by atoms with Gasteiger partial charge in [0.2, 0.25) is 0 Å². The van der Waals surface area contributed by atoms with E-state index in [0.717, 1.165) is 11.1 Å². The number of aromatic nitrogens is 2. The molecule has 0 saturated carbocycles. The van der Waals surface area contributed by atoms with Gasteiger partial charge in [-0.2, -0.15) is 0 Å². The molecule has 0 aliphatic carbocycles. The molecule has 1 heterocycles. The number of nitrogens with one attached hydrogen (secondary N) is 4. The van der Waals surface area contributed by atoms with Crippen LogP contribution in [0.4, 0.5) is 16.2 Å². The van der Waals surface area contributed by atoms with Crippen molar-refractivity contribution in [1.29, 1.82) is 0 Å². The number of aryl methyl sites for hydroxylation is 2. The molecule has 0 aliphatic rings. The summed E-state index contributed by atoms with van der Waals surface area (Å²) >= 11 is 0. The molecule has 0 unspecified atom stereocenters. The van der Waals surface area contributed by atoms with Gasteiger partial charge in [-0.25, -0.2) is 9.59 Å². The molecule has 0 atom stereocenters. The summed E-state index contributed by atoms with van der Waals surface area (Å²) in [5.41, 5.74) is 4.09. The topological polar surface area (TPSA) is 99.0 Å². The fourth-order valence-corrected chi connectivity index (χ4v) is 2.52. The number of benzene rings is 2. The van der Waals surface area contributed by atoms with E-state index >= 15 is 0 Å². The summed E-state index contributed by atoms with van der Waals surface area (Å²) in [5.74, 6) is 0.581. The number of ether oxygens (including phenoxy) is 1. The van der Waals surface area contributed by atoms with Gasteiger partial charge in [0.25, 0.3) is 0 Å². The zero-order valence-corrected chi connectivity index (χ0v) is 13.6. The van der Waals surface area contributed by atoms with Crippen molar-refractivity contribution in [3.63, 3.8) is 0 Å². The van der Waals surface area contributed by atoms with Crippen LogP contribution < -0.4 is 21.1 Å². The average molecular weight is 326 g/mol. The lowest BCUT2D eigenvalue weighted by Crippen LogP contribution is -2.20. The fourth-order valence-electron chi connectivity index (χ4n) is 2.52. The molecule has 0 saturated heterocycles. The van der Waals surface area contributed by atoms with Gasteiger partial charge in [-0.05, 0) is 49.2 Å². The zero-order valence-electron chi connectivity index (χ0n) is 13.6. The number of anilines is 2. The molecule has 0 radical (unpaired) electrons. The van der Waals surface area contributed by atoms with Crippen LogP contribution in [0.3, 0.4) is 0 Å². The lowest BCUT2D eigenvalue weighted by Gasteiger charge is -2.13. The van der Waals surface area contributed by atoms with Crippen LogP contribution in [0.25, 0.3) is 11.0 Å². The lowest BCUT2D eigenvalue weighted by molar-refractivity contribution is 0.262. The van der Waals surface area contributed by atoms with Gasteiger partial charge in [0.05, 0.1) is 23.8 Å². The number of amides is 2. The minimum atomic E-state index is -0.390. The molecule has 24 heavy (non-hydrogen) atoms. The van der Waals surface area contributed by atoms with Gasteiger partial charge in [-0.3, -0.25) is 0 Å². The second-order valence-electron chi connectivity index (χ2n) is 5.57. The van der Waals surface area contributed by atoms with Crippen molar-refractivity contribution in [2.75, 3.05) is 17.7 Å². The monoisotopic (exact) mass is 326 g/mol. The van der Waals surface area contributed by atoms with Crippen LogP contribution in [0.15, 0.2) is 35.1 Å². The molecular weight excluding hydrogens is 308 g/mol. The Bertz CT molecular complexity index is 972. The Morgan fingerprint density at radius 1 is 1.00 bits per heavy atom. The van der Waals surface area contributed by atoms with Crippen LogP contribution in [0.2, 0.25) is 0 Å². The van der Waals surface area contributed by atoms with Crippen molar-refractivity contribution in [2.24, 2.45) is 0 Å². The number of fused-ring (bicyclic) bond motifs is 1. The summed E-state index contributed by atoms with van der Waals surface area (Å²) in [6.07, 6.45) is 0. The quantitative estimate of drug-likeness (QED) is 0.595. The maximum absolute atomic E-state index is 12.3. The fraction of sp³-hybridized carbons (Fsp3) is 0.176. The zero-order chi connectivity index (χ0) is 17.3. The highest BCUT2D eigenvalue weighted by Crippen LogP contribution is 2.26. The third-order valence-electron chi connectivity index (χ3n) is 3.71. The van der Waals surface area contributed by atoms with E-state index < -0.39 is 0 Å². The summed E-state index contributed by atoms with van der Waals surface area (Å²) < 4.78 is 5.25. The van der Waals surface area contributed by atoms with E-state index in [0.29, 0.717) is 28.2 Å². The number of methoxy groups -OCH3 is 1. The molecule has 7 heteroatoms. The normalized spacial score (nSPS) is 10.6. The van der Waals surface area contributed by atoms with Crippen LogP contribution in [-0.2, 0) is 0 Å². The number of carbonyl (C=O) groups excluding carboxylic acids is 1. The van der Waals surface area contributed by atoms with E-state index in [1.165, 1.54) is 0 Å². The van der Waals surface area contributed by atoms with Crippen LogP contribution in [0.5, 0.6) is 5.75 Å². The molecule has 0 spiro atoms. The van der Waals surface area contributed by atoms with Crippen molar-refractivity contribution in [1.82, 2.24) is 9.97 Å². The number of rotatable bonds is 3. The molecule has 0 aliphatic heterocycles. The number of imidazole rings is 1. The highest BCUT2D eigenvalue weighted by molar-refractivity contribution is 6.02. The van der Waals surface area contributed by atoms with Crippen LogP contribution in [-0.4, -0.2) is 23.1 Å². The largest absolute Gasteiger partial charge is 0.495 e. The van der Waals surface area contributed by atoms with Crippen molar-refractivity contribution >= 4 is 28.4 Å². The maximum atomic E-state index is 12.3. The standard InChI is InChI=1S/C17H18N4O3/c1-9-4-5-15(24-3)14(6-9)21-16(22)18-11-8-13-12(7-10(11)2)19-17(23)20-13/h4-8H,1-3H3,(H2,18,21,22)(H2,19,20,23). The minimum absolute atomic E-state index is 0.282. The minimum Gasteiger partial charge on any atom is -0.495 e. The first-order chi connectivity index (χ1) is 11.5. The van der Waals surface area contributed by atoms with Gasteiger partial charge in [-0.15, -0.1) is 0 Å². The number of carbonyl (C=O) groups is 1. The van der Waals surface area contributed by atoms with Gasteiger partial charge in [0.1, 0.15) is 5.75 Å². The van der Waals surface area contributed by atoms with Crippen LogP contribution >= 0.6 is 0 Å². The summed E-state index contributed by atoms with van der Waals surface area (Å²) in [6.45, 7) is 3.79. The Hall–Kier alpha value is -3.22. The summed E-state index contributed by atoms with van der Waals surface area (Å²) in [5, 5.41) is 5.57. The second-order valence-corrected chi connectivity index (χ2v) is 5.57. The SMILES string of the molecule is COc1ccc(C)cc1NC(=O)Nc1cc2[nH]c(=O)[nH]c2cc1C. The first-order valence-corrected chi connectivity index (χ1v) is 7.41. The highest BCUT2D eigenvalue weighted by Gasteiger charge is 2.10. The Balaban J connectivity index is 1.83. The Kier molecular flexibility index (Phi) is 3.99. The molecule has 124 valence electrons.